The Labute approximate surface area is 271 Å². The summed E-state index contributed by atoms with van der Waals surface area (Å²) in [5, 5.41) is 3.52. The zero-order valence-electron chi connectivity index (χ0n) is 26.1. The van der Waals surface area contributed by atoms with Gasteiger partial charge in [0.25, 0.3) is 10.0 Å². The number of amides is 2. The van der Waals surface area contributed by atoms with Crippen molar-refractivity contribution in [2.24, 2.45) is 0 Å². The molecule has 1 unspecified atom stereocenters. The van der Waals surface area contributed by atoms with E-state index in [0.29, 0.717) is 16.3 Å². The minimum absolute atomic E-state index is 0.0441. The van der Waals surface area contributed by atoms with Crippen LogP contribution < -0.4 is 9.62 Å². The summed E-state index contributed by atoms with van der Waals surface area (Å²) in [6.07, 6.45) is 1.01. The zero-order valence-corrected chi connectivity index (χ0v) is 27.7. The molecule has 0 bridgehead atoms. The minimum atomic E-state index is -4.15. The largest absolute Gasteiger partial charge is 0.350 e. The van der Waals surface area contributed by atoms with Crippen molar-refractivity contribution in [3.05, 3.63) is 131 Å². The van der Waals surface area contributed by atoms with E-state index in [1.165, 1.54) is 17.0 Å². The second-order valence-corrected chi connectivity index (χ2v) is 14.2. The molecule has 0 fully saturated rings. The first kappa shape index (κ1) is 33.7. The molecule has 0 radical (unpaired) electrons. The van der Waals surface area contributed by atoms with Gasteiger partial charge in [-0.3, -0.25) is 13.9 Å². The molecule has 7 nitrogen and oxygen atoms in total. The fourth-order valence-electron chi connectivity index (χ4n) is 4.99. The van der Waals surface area contributed by atoms with Crippen LogP contribution in [0.3, 0.4) is 0 Å². The van der Waals surface area contributed by atoms with Crippen molar-refractivity contribution in [1.82, 2.24) is 10.2 Å². The van der Waals surface area contributed by atoms with E-state index in [0.717, 1.165) is 21.9 Å². The van der Waals surface area contributed by atoms with Crippen molar-refractivity contribution in [3.63, 3.8) is 0 Å². The lowest BCUT2D eigenvalue weighted by Crippen LogP contribution is -2.56. The summed E-state index contributed by atoms with van der Waals surface area (Å²) in [5.41, 5.74) is 2.39. The lowest BCUT2D eigenvalue weighted by Gasteiger charge is -2.35. The monoisotopic (exact) mass is 645 g/mol. The van der Waals surface area contributed by atoms with Crippen LogP contribution in [0.2, 0.25) is 5.02 Å². The lowest BCUT2D eigenvalue weighted by atomic mass is 10.0. The summed E-state index contributed by atoms with van der Waals surface area (Å²) in [5.74, 6) is -0.870. The van der Waals surface area contributed by atoms with Gasteiger partial charge in [0.05, 0.1) is 10.6 Å². The molecular weight excluding hydrogens is 606 g/mol. The van der Waals surface area contributed by atoms with Gasteiger partial charge in [0.15, 0.2) is 0 Å². The first-order valence-electron chi connectivity index (χ1n) is 14.9. The SMILES string of the molecule is CCc1ccc(N(CC(=O)N(Cc2cccc(Cl)c2)C(Cc2ccccc2)C(=O)NC(C)(C)C)S(=O)(=O)c2ccccc2)cc1. The highest BCUT2D eigenvalue weighted by Gasteiger charge is 2.35. The Bertz CT molecular complexity index is 1690. The minimum Gasteiger partial charge on any atom is -0.350 e. The number of nitrogens with zero attached hydrogens (tertiary/aromatic N) is 2. The lowest BCUT2D eigenvalue weighted by molar-refractivity contribution is -0.140. The predicted octanol–water partition coefficient (Wildman–Crippen LogP) is 6.65. The van der Waals surface area contributed by atoms with E-state index in [4.69, 9.17) is 11.6 Å². The number of benzene rings is 4. The number of hydrogen-bond acceptors (Lipinski definition) is 4. The number of carbonyl (C=O) groups excluding carboxylic acids is 2. The normalized spacial score (nSPS) is 12.3. The second kappa shape index (κ2) is 14.8. The van der Waals surface area contributed by atoms with Gasteiger partial charge in [-0.1, -0.05) is 91.3 Å². The Kier molecular flexibility index (Phi) is 11.1. The molecule has 0 saturated heterocycles. The van der Waals surface area contributed by atoms with Crippen LogP contribution in [-0.4, -0.2) is 43.3 Å². The molecule has 45 heavy (non-hydrogen) atoms. The fraction of sp³-hybridized carbons (Fsp3) is 0.278. The Morgan fingerprint density at radius 2 is 1.40 bits per heavy atom. The van der Waals surface area contributed by atoms with Gasteiger partial charge in [0.1, 0.15) is 12.6 Å². The van der Waals surface area contributed by atoms with Gasteiger partial charge in [-0.15, -0.1) is 0 Å². The smallest absolute Gasteiger partial charge is 0.264 e. The van der Waals surface area contributed by atoms with Crippen LogP contribution in [0, 0.1) is 0 Å². The maximum atomic E-state index is 14.5. The highest BCUT2D eigenvalue weighted by atomic mass is 35.5. The molecule has 0 saturated carbocycles. The van der Waals surface area contributed by atoms with Crippen LogP contribution in [0.15, 0.2) is 114 Å². The van der Waals surface area contributed by atoms with Gasteiger partial charge in [0, 0.05) is 23.5 Å². The van der Waals surface area contributed by atoms with Crippen molar-refractivity contribution >= 4 is 39.1 Å². The van der Waals surface area contributed by atoms with Gasteiger partial charge in [-0.05, 0) is 80.3 Å². The van der Waals surface area contributed by atoms with E-state index in [1.807, 2.05) is 76.2 Å². The van der Waals surface area contributed by atoms with Crippen LogP contribution >= 0.6 is 11.6 Å². The topological polar surface area (TPSA) is 86.8 Å². The molecule has 2 amide bonds. The third-order valence-electron chi connectivity index (χ3n) is 7.25. The van der Waals surface area contributed by atoms with Crippen LogP contribution in [0.1, 0.15) is 44.4 Å². The molecule has 0 aliphatic rings. The summed E-state index contributed by atoms with van der Waals surface area (Å²) >= 11 is 6.31. The van der Waals surface area contributed by atoms with Crippen molar-refractivity contribution < 1.29 is 18.0 Å². The summed E-state index contributed by atoms with van der Waals surface area (Å²) in [7, 11) is -4.15. The number of aryl methyl sites for hydroxylation is 1. The van der Waals surface area contributed by atoms with Gasteiger partial charge in [-0.25, -0.2) is 8.42 Å². The zero-order chi connectivity index (χ0) is 32.6. The number of hydrogen-bond donors (Lipinski definition) is 1. The molecule has 4 aromatic rings. The van der Waals surface area contributed by atoms with E-state index in [2.05, 4.69) is 5.32 Å². The first-order valence-corrected chi connectivity index (χ1v) is 16.8. The van der Waals surface area contributed by atoms with Gasteiger partial charge in [-0.2, -0.15) is 0 Å². The van der Waals surface area contributed by atoms with E-state index in [-0.39, 0.29) is 23.8 Å². The third kappa shape index (κ3) is 9.19. The number of rotatable bonds is 12. The van der Waals surface area contributed by atoms with Crippen molar-refractivity contribution in [2.45, 2.75) is 63.6 Å². The van der Waals surface area contributed by atoms with Gasteiger partial charge < -0.3 is 10.2 Å². The molecule has 4 rings (SSSR count). The fourth-order valence-corrected chi connectivity index (χ4v) is 6.63. The summed E-state index contributed by atoms with van der Waals surface area (Å²) in [4.78, 5) is 30.0. The van der Waals surface area contributed by atoms with Crippen LogP contribution in [0.5, 0.6) is 0 Å². The highest BCUT2D eigenvalue weighted by Crippen LogP contribution is 2.26. The molecule has 0 aliphatic carbocycles. The molecule has 0 heterocycles. The van der Waals surface area contributed by atoms with Crippen molar-refractivity contribution in [1.29, 1.82) is 0 Å². The summed E-state index contributed by atoms with van der Waals surface area (Å²) < 4.78 is 29.3. The molecule has 9 heteroatoms. The summed E-state index contributed by atoms with van der Waals surface area (Å²) in [6.45, 7) is 7.17. The van der Waals surface area contributed by atoms with Gasteiger partial charge in [0.2, 0.25) is 11.8 Å². The number of anilines is 1. The first-order chi connectivity index (χ1) is 21.4. The van der Waals surface area contributed by atoms with E-state index < -0.39 is 34.1 Å². The molecule has 4 aromatic carbocycles. The Morgan fingerprint density at radius 1 is 0.800 bits per heavy atom. The van der Waals surface area contributed by atoms with Crippen LogP contribution in [0.4, 0.5) is 5.69 Å². The molecule has 1 atom stereocenters. The van der Waals surface area contributed by atoms with Crippen LogP contribution in [-0.2, 0) is 39.0 Å². The number of sulfonamides is 1. The number of carbonyl (C=O) groups is 2. The average Bonchev–Trinajstić information content (AvgIpc) is 3.01. The highest BCUT2D eigenvalue weighted by molar-refractivity contribution is 7.92. The standard InChI is InChI=1S/C36H40ClN3O4S/c1-5-27-19-21-31(22-20-27)40(45(43,44)32-17-10-7-11-18-32)26-34(41)39(25-29-15-12-16-30(37)23-29)33(35(42)38-36(2,3)4)24-28-13-8-6-9-14-28/h6-23,33H,5,24-26H2,1-4H3,(H,38,42). The average molecular weight is 646 g/mol. The molecular formula is C36H40ClN3O4S. The molecule has 0 aliphatic heterocycles. The van der Waals surface area contributed by atoms with Crippen LogP contribution in [0.25, 0.3) is 0 Å². The van der Waals surface area contributed by atoms with Gasteiger partial charge >= 0.3 is 0 Å². The van der Waals surface area contributed by atoms with E-state index in [1.54, 1.807) is 48.5 Å². The molecule has 236 valence electrons. The summed E-state index contributed by atoms with van der Waals surface area (Å²) in [6, 6.07) is 30.8. The number of nitrogens with one attached hydrogen (secondary N) is 1. The number of halogens is 1. The maximum absolute atomic E-state index is 14.5. The molecule has 1 N–H and O–H groups in total. The molecule has 0 spiro atoms. The second-order valence-electron chi connectivity index (χ2n) is 11.9. The third-order valence-corrected chi connectivity index (χ3v) is 9.28. The Balaban J connectivity index is 1.81. The predicted molar refractivity (Wildman–Crippen MR) is 181 cm³/mol. The maximum Gasteiger partial charge on any atom is 0.264 e. The Morgan fingerprint density at radius 3 is 1.98 bits per heavy atom. The van der Waals surface area contributed by atoms with E-state index in [9.17, 15) is 18.0 Å². The Hall–Kier alpha value is -4.14. The van der Waals surface area contributed by atoms with Crippen molar-refractivity contribution in [3.8, 4) is 0 Å². The molecule has 0 aromatic heterocycles. The quantitative estimate of drug-likeness (QED) is 0.187. The van der Waals surface area contributed by atoms with Crippen molar-refractivity contribution in [2.75, 3.05) is 10.8 Å². The van der Waals surface area contributed by atoms with E-state index >= 15 is 0 Å².